The number of benzene rings is 1. The molecule has 1 aromatic carbocycles. The zero-order valence-corrected chi connectivity index (χ0v) is 12.4. The van der Waals surface area contributed by atoms with Gasteiger partial charge in [0.2, 0.25) is 0 Å². The van der Waals surface area contributed by atoms with Crippen LogP contribution in [0.1, 0.15) is 29.7 Å². The monoisotopic (exact) mass is 270 g/mol. The molecule has 1 atom stereocenters. The predicted octanol–water partition coefficient (Wildman–Crippen LogP) is 2.82. The molecule has 106 valence electrons. The zero-order valence-electron chi connectivity index (χ0n) is 12.4. The van der Waals surface area contributed by atoms with E-state index in [-0.39, 0.29) is 11.6 Å². The number of hydrogen-bond donors (Lipinski definition) is 1. The zero-order chi connectivity index (χ0) is 14.5. The maximum absolute atomic E-state index is 12.1. The average Bonchev–Trinajstić information content (AvgIpc) is 2.44. The first-order valence-electron chi connectivity index (χ1n) is 7.08. The lowest BCUT2D eigenvalue weighted by molar-refractivity contribution is 0.466. The van der Waals surface area contributed by atoms with Gasteiger partial charge in [-0.25, -0.2) is 0 Å². The van der Waals surface area contributed by atoms with Gasteiger partial charge in [-0.1, -0.05) is 42.8 Å². The lowest BCUT2D eigenvalue weighted by Gasteiger charge is -2.20. The standard InChI is InChI=1S/C17H22N2O/c1-4-18-16(15-9-7-13(2)8-10-15)12-19-11-5-6-14(3)17(19)20/h5-11,16,18H,4,12H2,1-3H3. The summed E-state index contributed by atoms with van der Waals surface area (Å²) in [6.45, 7) is 7.54. The minimum absolute atomic E-state index is 0.0857. The van der Waals surface area contributed by atoms with Crippen LogP contribution in [-0.4, -0.2) is 11.1 Å². The fraction of sp³-hybridized carbons (Fsp3) is 0.353. The van der Waals surface area contributed by atoms with E-state index in [9.17, 15) is 4.79 Å². The summed E-state index contributed by atoms with van der Waals surface area (Å²) in [5.41, 5.74) is 3.33. The van der Waals surface area contributed by atoms with Crippen molar-refractivity contribution >= 4 is 0 Å². The lowest BCUT2D eigenvalue weighted by atomic mass is 10.0. The maximum Gasteiger partial charge on any atom is 0.253 e. The molecule has 0 fully saturated rings. The topological polar surface area (TPSA) is 34.0 Å². The van der Waals surface area contributed by atoms with Gasteiger partial charge in [0.05, 0.1) is 6.04 Å². The molecule has 2 aromatic rings. The Hall–Kier alpha value is -1.87. The first-order valence-corrected chi connectivity index (χ1v) is 7.08. The summed E-state index contributed by atoms with van der Waals surface area (Å²) in [4.78, 5) is 12.1. The normalized spacial score (nSPS) is 12.3. The molecular formula is C17H22N2O. The molecule has 0 aliphatic carbocycles. The van der Waals surface area contributed by atoms with Crippen molar-refractivity contribution in [1.82, 2.24) is 9.88 Å². The molecule has 2 rings (SSSR count). The summed E-state index contributed by atoms with van der Waals surface area (Å²) in [5, 5.41) is 3.45. The third-order valence-electron chi connectivity index (χ3n) is 3.52. The van der Waals surface area contributed by atoms with Crippen LogP contribution in [0.4, 0.5) is 0 Å². The highest BCUT2D eigenvalue weighted by Crippen LogP contribution is 2.15. The molecule has 0 radical (unpaired) electrons. The maximum atomic E-state index is 12.1. The van der Waals surface area contributed by atoms with E-state index < -0.39 is 0 Å². The first kappa shape index (κ1) is 14.5. The van der Waals surface area contributed by atoms with Crippen LogP contribution in [0.5, 0.6) is 0 Å². The molecule has 1 heterocycles. The summed E-state index contributed by atoms with van der Waals surface area (Å²) in [7, 11) is 0. The molecule has 3 heteroatoms. The number of aryl methyl sites for hydroxylation is 2. The van der Waals surface area contributed by atoms with Gasteiger partial charge in [0, 0.05) is 18.3 Å². The second-order valence-corrected chi connectivity index (χ2v) is 5.17. The quantitative estimate of drug-likeness (QED) is 0.906. The summed E-state index contributed by atoms with van der Waals surface area (Å²) >= 11 is 0. The van der Waals surface area contributed by atoms with Crippen LogP contribution in [0.2, 0.25) is 0 Å². The van der Waals surface area contributed by atoms with E-state index in [0.717, 1.165) is 12.1 Å². The number of rotatable bonds is 5. The van der Waals surface area contributed by atoms with Crippen LogP contribution < -0.4 is 10.9 Å². The molecule has 20 heavy (non-hydrogen) atoms. The molecule has 3 nitrogen and oxygen atoms in total. The average molecular weight is 270 g/mol. The molecule has 1 N–H and O–H groups in total. The van der Waals surface area contributed by atoms with E-state index in [0.29, 0.717) is 6.54 Å². The number of aromatic nitrogens is 1. The van der Waals surface area contributed by atoms with Crippen molar-refractivity contribution in [2.24, 2.45) is 0 Å². The summed E-state index contributed by atoms with van der Waals surface area (Å²) in [6, 6.07) is 12.4. The fourth-order valence-corrected chi connectivity index (χ4v) is 2.33. The van der Waals surface area contributed by atoms with Crippen LogP contribution >= 0.6 is 0 Å². The van der Waals surface area contributed by atoms with Crippen LogP contribution in [0.15, 0.2) is 47.4 Å². The Balaban J connectivity index is 2.27. The third-order valence-corrected chi connectivity index (χ3v) is 3.52. The second-order valence-electron chi connectivity index (χ2n) is 5.17. The Bertz CT molecular complexity index is 614. The van der Waals surface area contributed by atoms with E-state index in [1.54, 1.807) is 4.57 Å². The number of pyridine rings is 1. The van der Waals surface area contributed by atoms with E-state index in [1.807, 2.05) is 25.3 Å². The number of likely N-dealkylation sites (N-methyl/N-ethyl adjacent to an activating group) is 1. The Morgan fingerprint density at radius 1 is 1.15 bits per heavy atom. The van der Waals surface area contributed by atoms with Gasteiger partial charge < -0.3 is 9.88 Å². The van der Waals surface area contributed by atoms with Crippen molar-refractivity contribution in [2.45, 2.75) is 33.4 Å². The molecule has 0 saturated carbocycles. The molecule has 0 bridgehead atoms. The highest BCUT2D eigenvalue weighted by molar-refractivity contribution is 5.24. The minimum atomic E-state index is 0.0857. The van der Waals surface area contributed by atoms with E-state index in [2.05, 4.69) is 43.4 Å². The van der Waals surface area contributed by atoms with Gasteiger partial charge in [-0.15, -0.1) is 0 Å². The highest BCUT2D eigenvalue weighted by atomic mass is 16.1. The lowest BCUT2D eigenvalue weighted by Crippen LogP contribution is -2.30. The largest absolute Gasteiger partial charge is 0.313 e. The Labute approximate surface area is 120 Å². The Morgan fingerprint density at radius 3 is 2.50 bits per heavy atom. The van der Waals surface area contributed by atoms with Gasteiger partial charge in [-0.05, 0) is 32.0 Å². The summed E-state index contributed by atoms with van der Waals surface area (Å²) < 4.78 is 1.78. The SMILES string of the molecule is CCNC(Cn1cccc(C)c1=O)c1ccc(C)cc1. The fourth-order valence-electron chi connectivity index (χ4n) is 2.33. The summed E-state index contributed by atoms with van der Waals surface area (Å²) in [5.74, 6) is 0. The van der Waals surface area contributed by atoms with Gasteiger partial charge in [-0.2, -0.15) is 0 Å². The van der Waals surface area contributed by atoms with E-state index in [4.69, 9.17) is 0 Å². The van der Waals surface area contributed by atoms with Gasteiger partial charge in [-0.3, -0.25) is 4.79 Å². The molecule has 1 unspecified atom stereocenters. The second kappa shape index (κ2) is 6.53. The molecule has 0 spiro atoms. The molecule has 1 aromatic heterocycles. The molecule has 0 aliphatic rings. The molecule has 0 aliphatic heterocycles. The van der Waals surface area contributed by atoms with Gasteiger partial charge in [0.25, 0.3) is 5.56 Å². The highest BCUT2D eigenvalue weighted by Gasteiger charge is 2.12. The van der Waals surface area contributed by atoms with Crippen LogP contribution in [0, 0.1) is 13.8 Å². The number of hydrogen-bond acceptors (Lipinski definition) is 2. The van der Waals surface area contributed by atoms with Crippen LogP contribution in [0.25, 0.3) is 0 Å². The molecule has 0 saturated heterocycles. The smallest absolute Gasteiger partial charge is 0.253 e. The molecular weight excluding hydrogens is 248 g/mol. The van der Waals surface area contributed by atoms with Crippen molar-refractivity contribution < 1.29 is 0 Å². The van der Waals surface area contributed by atoms with Crippen LogP contribution in [-0.2, 0) is 6.54 Å². The third kappa shape index (κ3) is 3.36. The number of nitrogens with one attached hydrogen (secondary N) is 1. The van der Waals surface area contributed by atoms with Crippen molar-refractivity contribution in [3.8, 4) is 0 Å². The minimum Gasteiger partial charge on any atom is -0.313 e. The first-order chi connectivity index (χ1) is 9.61. The van der Waals surface area contributed by atoms with Crippen LogP contribution in [0.3, 0.4) is 0 Å². The molecule has 0 amide bonds. The van der Waals surface area contributed by atoms with Gasteiger partial charge in [0.15, 0.2) is 0 Å². The van der Waals surface area contributed by atoms with Gasteiger partial charge in [0.1, 0.15) is 0 Å². The van der Waals surface area contributed by atoms with Crippen molar-refractivity contribution in [2.75, 3.05) is 6.54 Å². The van der Waals surface area contributed by atoms with Crippen molar-refractivity contribution in [3.05, 3.63) is 69.6 Å². The Morgan fingerprint density at radius 2 is 1.85 bits per heavy atom. The Kier molecular flexibility index (Phi) is 4.74. The van der Waals surface area contributed by atoms with E-state index in [1.165, 1.54) is 11.1 Å². The van der Waals surface area contributed by atoms with Crippen molar-refractivity contribution in [3.63, 3.8) is 0 Å². The van der Waals surface area contributed by atoms with E-state index >= 15 is 0 Å². The number of nitrogens with zero attached hydrogens (tertiary/aromatic N) is 1. The van der Waals surface area contributed by atoms with Crippen molar-refractivity contribution in [1.29, 1.82) is 0 Å². The predicted molar refractivity (Wildman–Crippen MR) is 83.0 cm³/mol. The summed E-state index contributed by atoms with van der Waals surface area (Å²) in [6.07, 6.45) is 1.86. The van der Waals surface area contributed by atoms with Gasteiger partial charge >= 0.3 is 0 Å².